The van der Waals surface area contributed by atoms with Crippen LogP contribution < -0.4 is 5.56 Å². The SMILES string of the molecule is O=C(O)c1ccc2nc3c4ccc5sc6ccccc6c6ccc(c(=O)n3c2c1)c4c56. The maximum Gasteiger partial charge on any atom is 0.335 e. The van der Waals surface area contributed by atoms with Gasteiger partial charge in [-0.1, -0.05) is 24.3 Å². The first kappa shape index (κ1) is 16.7. The Kier molecular flexibility index (Phi) is 3.00. The number of imidazole rings is 1. The van der Waals surface area contributed by atoms with Crippen molar-refractivity contribution in [2.24, 2.45) is 0 Å². The van der Waals surface area contributed by atoms with Gasteiger partial charge in [-0.05, 0) is 53.2 Å². The number of hydrogen-bond acceptors (Lipinski definition) is 4. The van der Waals surface area contributed by atoms with Crippen molar-refractivity contribution in [3.8, 4) is 0 Å². The summed E-state index contributed by atoms with van der Waals surface area (Å²) in [7, 11) is 0. The van der Waals surface area contributed by atoms with Crippen molar-refractivity contribution < 1.29 is 9.90 Å². The predicted octanol–water partition coefficient (Wildman–Crippen LogP) is 5.66. The molecule has 0 saturated heterocycles. The van der Waals surface area contributed by atoms with Crippen molar-refractivity contribution in [2.75, 3.05) is 0 Å². The Balaban J connectivity index is 1.78. The van der Waals surface area contributed by atoms with Gasteiger partial charge < -0.3 is 5.11 Å². The van der Waals surface area contributed by atoms with Gasteiger partial charge in [0.1, 0.15) is 5.65 Å². The minimum atomic E-state index is -1.03. The van der Waals surface area contributed by atoms with Gasteiger partial charge in [0.2, 0.25) is 0 Å². The zero-order valence-corrected chi connectivity index (χ0v) is 16.7. The van der Waals surface area contributed by atoms with Crippen molar-refractivity contribution in [3.05, 3.63) is 82.6 Å². The Morgan fingerprint density at radius 3 is 2.52 bits per heavy atom. The molecule has 31 heavy (non-hydrogen) atoms. The molecular weight excluding hydrogens is 408 g/mol. The second-order valence-electron chi connectivity index (χ2n) is 7.70. The summed E-state index contributed by atoms with van der Waals surface area (Å²) in [4.78, 5) is 29.8. The fraction of sp³-hybridized carbons (Fsp3) is 0. The number of carbonyl (C=O) groups is 1. The number of aromatic carboxylic acids is 1. The minimum Gasteiger partial charge on any atom is -0.478 e. The molecule has 3 heterocycles. The number of carboxylic acid groups (broad SMARTS) is 1. The third-order valence-electron chi connectivity index (χ3n) is 6.10. The van der Waals surface area contributed by atoms with Crippen LogP contribution in [-0.4, -0.2) is 20.5 Å². The summed E-state index contributed by atoms with van der Waals surface area (Å²) < 4.78 is 3.87. The van der Waals surface area contributed by atoms with E-state index in [-0.39, 0.29) is 11.1 Å². The molecule has 1 N–H and O–H groups in total. The van der Waals surface area contributed by atoms with E-state index < -0.39 is 5.97 Å². The number of fused-ring (bicyclic) bond motifs is 6. The number of carboxylic acids is 1. The van der Waals surface area contributed by atoms with Crippen LogP contribution >= 0.6 is 11.3 Å². The van der Waals surface area contributed by atoms with E-state index in [2.05, 4.69) is 18.2 Å². The quantitative estimate of drug-likeness (QED) is 0.275. The maximum absolute atomic E-state index is 13.6. The molecule has 0 spiro atoms. The second-order valence-corrected chi connectivity index (χ2v) is 8.79. The average Bonchev–Trinajstić information content (AvgIpc) is 3.17. The van der Waals surface area contributed by atoms with Crippen LogP contribution in [0, 0.1) is 0 Å². The summed E-state index contributed by atoms with van der Waals surface area (Å²) in [5.41, 5.74) is 1.62. The summed E-state index contributed by atoms with van der Waals surface area (Å²) in [5, 5.41) is 15.2. The lowest BCUT2D eigenvalue weighted by Gasteiger charge is -2.13. The van der Waals surface area contributed by atoms with Crippen molar-refractivity contribution in [1.29, 1.82) is 0 Å². The molecule has 0 unspecified atom stereocenters. The van der Waals surface area contributed by atoms with Crippen LogP contribution in [0.2, 0.25) is 0 Å². The molecule has 5 nitrogen and oxygen atoms in total. The largest absolute Gasteiger partial charge is 0.478 e. The van der Waals surface area contributed by atoms with Crippen molar-refractivity contribution in [1.82, 2.24) is 9.38 Å². The number of hydrogen-bond donors (Lipinski definition) is 1. The van der Waals surface area contributed by atoms with E-state index in [0.29, 0.717) is 22.1 Å². The van der Waals surface area contributed by atoms with Crippen molar-refractivity contribution >= 4 is 75.7 Å². The van der Waals surface area contributed by atoms with E-state index in [0.717, 1.165) is 26.2 Å². The molecule has 0 aliphatic rings. The van der Waals surface area contributed by atoms with E-state index in [1.807, 2.05) is 30.3 Å². The lowest BCUT2D eigenvalue weighted by molar-refractivity contribution is 0.0697. The van der Waals surface area contributed by atoms with E-state index >= 15 is 0 Å². The summed E-state index contributed by atoms with van der Waals surface area (Å²) in [5.74, 6) is -1.03. The van der Waals surface area contributed by atoms with E-state index in [1.54, 1.807) is 21.8 Å². The summed E-state index contributed by atoms with van der Waals surface area (Å²) in [6, 6.07) is 21.0. The number of aromatic nitrogens is 2. The molecular formula is C25H12N2O3S. The van der Waals surface area contributed by atoms with Gasteiger partial charge in [0, 0.05) is 30.9 Å². The zero-order valence-electron chi connectivity index (χ0n) is 15.9. The predicted molar refractivity (Wildman–Crippen MR) is 125 cm³/mol. The topological polar surface area (TPSA) is 71.7 Å². The number of nitrogens with zero attached hydrogens (tertiary/aromatic N) is 2. The highest BCUT2D eigenvalue weighted by molar-refractivity contribution is 7.25. The fourth-order valence-corrected chi connectivity index (χ4v) is 5.87. The Morgan fingerprint density at radius 1 is 0.839 bits per heavy atom. The maximum atomic E-state index is 13.6. The van der Waals surface area contributed by atoms with E-state index in [9.17, 15) is 14.7 Å². The third-order valence-corrected chi connectivity index (χ3v) is 7.23. The minimum absolute atomic E-state index is 0.132. The van der Waals surface area contributed by atoms with Gasteiger partial charge in [0.05, 0.1) is 16.6 Å². The molecule has 0 bridgehead atoms. The molecule has 6 heteroatoms. The lowest BCUT2D eigenvalue weighted by atomic mass is 9.97. The zero-order chi connectivity index (χ0) is 20.9. The molecule has 0 aliphatic carbocycles. The third kappa shape index (κ3) is 2.02. The molecule has 7 aromatic rings. The first-order valence-electron chi connectivity index (χ1n) is 9.79. The van der Waals surface area contributed by atoms with Gasteiger partial charge in [0.25, 0.3) is 5.56 Å². The molecule has 0 amide bonds. The molecule has 0 atom stereocenters. The Morgan fingerprint density at radius 2 is 1.65 bits per heavy atom. The van der Waals surface area contributed by atoms with Crippen LogP contribution in [0.25, 0.3) is 58.4 Å². The van der Waals surface area contributed by atoms with Crippen LogP contribution in [0.3, 0.4) is 0 Å². The van der Waals surface area contributed by atoms with Gasteiger partial charge in [-0.2, -0.15) is 0 Å². The normalized spacial score (nSPS) is 12.3. The molecule has 0 radical (unpaired) electrons. The van der Waals surface area contributed by atoms with E-state index in [4.69, 9.17) is 4.98 Å². The fourth-order valence-electron chi connectivity index (χ4n) is 4.75. The molecule has 0 fully saturated rings. The van der Waals surface area contributed by atoms with Crippen LogP contribution in [0.5, 0.6) is 0 Å². The molecule has 4 aromatic carbocycles. The van der Waals surface area contributed by atoms with Gasteiger partial charge in [-0.25, -0.2) is 9.78 Å². The van der Waals surface area contributed by atoms with Crippen LogP contribution in [0.1, 0.15) is 10.4 Å². The van der Waals surface area contributed by atoms with Crippen molar-refractivity contribution in [3.63, 3.8) is 0 Å². The van der Waals surface area contributed by atoms with Gasteiger partial charge in [-0.15, -0.1) is 11.3 Å². The first-order valence-corrected chi connectivity index (χ1v) is 10.6. The van der Waals surface area contributed by atoms with Gasteiger partial charge in [0.15, 0.2) is 0 Å². The number of rotatable bonds is 1. The highest BCUT2D eigenvalue weighted by Gasteiger charge is 2.19. The molecule has 146 valence electrons. The van der Waals surface area contributed by atoms with Gasteiger partial charge in [-0.3, -0.25) is 9.20 Å². The highest BCUT2D eigenvalue weighted by Crippen LogP contribution is 2.41. The van der Waals surface area contributed by atoms with Crippen LogP contribution in [0.4, 0.5) is 0 Å². The number of pyridine rings is 1. The second kappa shape index (κ2) is 5.56. The van der Waals surface area contributed by atoms with Crippen LogP contribution in [0.15, 0.2) is 71.5 Å². The van der Waals surface area contributed by atoms with E-state index in [1.165, 1.54) is 22.2 Å². The summed E-state index contributed by atoms with van der Waals surface area (Å²) >= 11 is 1.72. The molecule has 0 aliphatic heterocycles. The molecule has 3 aromatic heterocycles. The Bertz CT molecular complexity index is 1950. The standard InChI is InChI=1S/C25H12N2O3S/c28-24-16-7-6-14-13-3-1-2-4-19(13)31-20-10-8-15(21(16)22(14)20)23-26-17-9-5-12(25(29)30)11-18(17)27(23)24/h1-11H,(H,29,30). The molecule has 7 rings (SSSR count). The lowest BCUT2D eigenvalue weighted by Crippen LogP contribution is -2.13. The summed E-state index contributed by atoms with van der Waals surface area (Å²) in [6.45, 7) is 0. The monoisotopic (exact) mass is 420 g/mol. The Labute approximate surface area is 177 Å². The average molecular weight is 420 g/mol. The first-order chi connectivity index (χ1) is 15.1. The summed E-state index contributed by atoms with van der Waals surface area (Å²) in [6.07, 6.45) is 0. The smallest absolute Gasteiger partial charge is 0.335 e. The molecule has 0 saturated carbocycles. The van der Waals surface area contributed by atoms with Crippen molar-refractivity contribution in [2.45, 2.75) is 0 Å². The highest BCUT2D eigenvalue weighted by atomic mass is 32.1. The Hall–Kier alpha value is -4.03. The number of benzene rings is 4. The van der Waals surface area contributed by atoms with Gasteiger partial charge >= 0.3 is 5.97 Å². The van der Waals surface area contributed by atoms with Crippen LogP contribution in [-0.2, 0) is 0 Å².